The molecule has 2 amide bonds. The first-order valence-corrected chi connectivity index (χ1v) is 5.11. The van der Waals surface area contributed by atoms with E-state index in [1.54, 1.807) is 0 Å². The van der Waals surface area contributed by atoms with Crippen molar-refractivity contribution >= 4 is 17.8 Å². The van der Waals surface area contributed by atoms with E-state index >= 15 is 0 Å². The van der Waals surface area contributed by atoms with Crippen molar-refractivity contribution in [2.45, 2.75) is 30.6 Å². The number of amides is 2. The molecule has 0 heterocycles. The second kappa shape index (κ2) is 3.85. The number of hydrogen-bond acceptors (Lipinski definition) is 2. The highest BCUT2D eigenvalue weighted by atomic mass is 32.2. The van der Waals surface area contributed by atoms with Crippen molar-refractivity contribution in [3.63, 3.8) is 0 Å². The van der Waals surface area contributed by atoms with Gasteiger partial charge in [0, 0.05) is 11.3 Å². The molecule has 1 aliphatic rings. The second-order valence-corrected chi connectivity index (χ2v) is 3.90. The van der Waals surface area contributed by atoms with Crippen LogP contribution in [-0.4, -0.2) is 23.6 Å². The van der Waals surface area contributed by atoms with Crippen LogP contribution in [0.25, 0.3) is 0 Å². The molecular formula is C7H14N2OS. The van der Waals surface area contributed by atoms with Gasteiger partial charge >= 0.3 is 6.03 Å². The Hall–Kier alpha value is -0.380. The molecule has 1 aliphatic carbocycles. The maximum Gasteiger partial charge on any atom is 0.312 e. The van der Waals surface area contributed by atoms with Gasteiger partial charge in [0.2, 0.25) is 0 Å². The van der Waals surface area contributed by atoms with Crippen molar-refractivity contribution in [2.75, 3.05) is 6.26 Å². The summed E-state index contributed by atoms with van der Waals surface area (Å²) in [5.41, 5.74) is 5.03. The van der Waals surface area contributed by atoms with Gasteiger partial charge in [-0.15, -0.1) is 0 Å². The normalized spacial score (nSPS) is 30.3. The average molecular weight is 174 g/mol. The summed E-state index contributed by atoms with van der Waals surface area (Å²) in [6.45, 7) is 0. The van der Waals surface area contributed by atoms with Crippen LogP contribution in [-0.2, 0) is 0 Å². The maximum absolute atomic E-state index is 10.5. The second-order valence-electron chi connectivity index (χ2n) is 2.82. The lowest BCUT2D eigenvalue weighted by atomic mass is 10.2. The topological polar surface area (TPSA) is 55.1 Å². The molecule has 1 fully saturated rings. The number of nitrogens with two attached hydrogens (primary N) is 1. The molecule has 64 valence electrons. The monoisotopic (exact) mass is 174 g/mol. The van der Waals surface area contributed by atoms with Crippen molar-refractivity contribution in [3.8, 4) is 0 Å². The van der Waals surface area contributed by atoms with Gasteiger partial charge in [0.1, 0.15) is 0 Å². The van der Waals surface area contributed by atoms with Crippen LogP contribution in [0.3, 0.4) is 0 Å². The summed E-state index contributed by atoms with van der Waals surface area (Å²) in [6, 6.07) is -0.0848. The summed E-state index contributed by atoms with van der Waals surface area (Å²) in [7, 11) is 0. The Morgan fingerprint density at radius 3 is 2.91 bits per heavy atom. The number of nitrogens with one attached hydrogen (secondary N) is 1. The maximum atomic E-state index is 10.5. The van der Waals surface area contributed by atoms with E-state index in [1.165, 1.54) is 12.8 Å². The lowest BCUT2D eigenvalue weighted by Crippen LogP contribution is -2.41. The van der Waals surface area contributed by atoms with Crippen LogP contribution in [0.15, 0.2) is 0 Å². The Labute approximate surface area is 71.1 Å². The van der Waals surface area contributed by atoms with Gasteiger partial charge < -0.3 is 11.1 Å². The highest BCUT2D eigenvalue weighted by molar-refractivity contribution is 7.99. The molecule has 0 aromatic heterocycles. The van der Waals surface area contributed by atoms with Gasteiger partial charge in [0.05, 0.1) is 0 Å². The zero-order chi connectivity index (χ0) is 8.27. The van der Waals surface area contributed by atoms with Gasteiger partial charge in [-0.25, -0.2) is 4.79 Å². The SMILES string of the molecule is CSC1CCCC1NC(N)=O. The predicted octanol–water partition coefficient (Wildman–Crippen LogP) is 0.939. The third kappa shape index (κ3) is 2.29. The van der Waals surface area contributed by atoms with E-state index in [0.717, 1.165) is 6.42 Å². The summed E-state index contributed by atoms with van der Waals surface area (Å²) in [5.74, 6) is 0. The molecule has 0 aromatic carbocycles. The Kier molecular flexibility index (Phi) is 3.05. The smallest absolute Gasteiger partial charge is 0.312 e. The zero-order valence-electron chi connectivity index (χ0n) is 6.67. The number of primary amides is 1. The first kappa shape index (κ1) is 8.71. The molecule has 3 nitrogen and oxygen atoms in total. The van der Waals surface area contributed by atoms with Crippen molar-refractivity contribution in [2.24, 2.45) is 5.73 Å². The van der Waals surface area contributed by atoms with Gasteiger partial charge in [-0.2, -0.15) is 11.8 Å². The number of urea groups is 1. The minimum atomic E-state index is -0.393. The molecule has 0 aromatic rings. The van der Waals surface area contributed by atoms with Crippen molar-refractivity contribution < 1.29 is 4.79 Å². The number of carbonyl (C=O) groups is 1. The molecule has 1 saturated carbocycles. The molecule has 0 bridgehead atoms. The largest absolute Gasteiger partial charge is 0.352 e. The van der Waals surface area contributed by atoms with Crippen LogP contribution in [0.2, 0.25) is 0 Å². The Morgan fingerprint density at radius 1 is 1.64 bits per heavy atom. The third-order valence-electron chi connectivity index (χ3n) is 2.08. The zero-order valence-corrected chi connectivity index (χ0v) is 7.49. The predicted molar refractivity (Wildman–Crippen MR) is 47.7 cm³/mol. The molecule has 0 radical (unpaired) electrons. The van der Waals surface area contributed by atoms with Crippen molar-refractivity contribution in [3.05, 3.63) is 0 Å². The summed E-state index contributed by atoms with van der Waals surface area (Å²) in [4.78, 5) is 10.5. The average Bonchev–Trinajstić information content (AvgIpc) is 2.34. The summed E-state index contributed by atoms with van der Waals surface area (Å²) in [6.07, 6.45) is 5.56. The van der Waals surface area contributed by atoms with Crippen LogP contribution in [0.4, 0.5) is 4.79 Å². The minimum absolute atomic E-state index is 0.308. The Bertz CT molecular complexity index is 151. The van der Waals surface area contributed by atoms with E-state index < -0.39 is 6.03 Å². The van der Waals surface area contributed by atoms with Crippen LogP contribution < -0.4 is 11.1 Å². The fourth-order valence-electron chi connectivity index (χ4n) is 1.56. The number of carbonyl (C=O) groups excluding carboxylic acids is 1. The van der Waals surface area contributed by atoms with E-state index in [9.17, 15) is 4.79 Å². The van der Waals surface area contributed by atoms with Crippen LogP contribution in [0, 0.1) is 0 Å². The van der Waals surface area contributed by atoms with Gasteiger partial charge in [-0.3, -0.25) is 0 Å². The molecular weight excluding hydrogens is 160 g/mol. The first-order valence-electron chi connectivity index (χ1n) is 3.83. The molecule has 2 atom stereocenters. The van der Waals surface area contributed by atoms with E-state index in [-0.39, 0.29) is 0 Å². The quantitative estimate of drug-likeness (QED) is 0.654. The van der Waals surface area contributed by atoms with Crippen LogP contribution in [0.1, 0.15) is 19.3 Å². The highest BCUT2D eigenvalue weighted by Gasteiger charge is 2.26. The van der Waals surface area contributed by atoms with Gasteiger partial charge in [-0.05, 0) is 19.1 Å². The number of thioether (sulfide) groups is 1. The van der Waals surface area contributed by atoms with Gasteiger partial charge in [-0.1, -0.05) is 6.42 Å². The molecule has 4 heteroatoms. The fourth-order valence-corrected chi connectivity index (χ4v) is 2.49. The molecule has 11 heavy (non-hydrogen) atoms. The summed E-state index contributed by atoms with van der Waals surface area (Å²) >= 11 is 1.81. The molecule has 0 saturated heterocycles. The van der Waals surface area contributed by atoms with E-state index in [0.29, 0.717) is 11.3 Å². The molecule has 1 rings (SSSR count). The minimum Gasteiger partial charge on any atom is -0.352 e. The third-order valence-corrected chi connectivity index (χ3v) is 3.25. The van der Waals surface area contributed by atoms with Crippen LogP contribution in [0.5, 0.6) is 0 Å². The first-order chi connectivity index (χ1) is 5.24. The number of hydrogen-bond donors (Lipinski definition) is 2. The lowest BCUT2D eigenvalue weighted by molar-refractivity contribution is 0.245. The Morgan fingerprint density at radius 2 is 2.36 bits per heavy atom. The van der Waals surface area contributed by atoms with Gasteiger partial charge in [0.25, 0.3) is 0 Å². The van der Waals surface area contributed by atoms with Crippen molar-refractivity contribution in [1.82, 2.24) is 5.32 Å². The standard InChI is InChI=1S/C7H14N2OS/c1-11-6-4-2-3-5(6)9-7(8)10/h5-6H,2-4H2,1H3,(H3,8,9,10). The summed E-state index contributed by atoms with van der Waals surface area (Å²) < 4.78 is 0. The molecule has 0 spiro atoms. The van der Waals surface area contributed by atoms with Gasteiger partial charge in [0.15, 0.2) is 0 Å². The molecule has 0 aliphatic heterocycles. The number of rotatable bonds is 2. The van der Waals surface area contributed by atoms with Crippen LogP contribution >= 0.6 is 11.8 Å². The van der Waals surface area contributed by atoms with E-state index in [2.05, 4.69) is 11.6 Å². The molecule has 3 N–H and O–H groups in total. The fraction of sp³-hybridized carbons (Fsp3) is 0.857. The highest BCUT2D eigenvalue weighted by Crippen LogP contribution is 2.27. The van der Waals surface area contributed by atoms with E-state index in [4.69, 9.17) is 5.73 Å². The summed E-state index contributed by atoms with van der Waals surface area (Å²) in [5, 5.41) is 3.33. The lowest BCUT2D eigenvalue weighted by Gasteiger charge is -2.17. The Balaban J connectivity index is 2.37. The van der Waals surface area contributed by atoms with Crippen molar-refractivity contribution in [1.29, 1.82) is 0 Å². The molecule has 2 unspecified atom stereocenters. The van der Waals surface area contributed by atoms with E-state index in [1.807, 2.05) is 11.8 Å².